The summed E-state index contributed by atoms with van der Waals surface area (Å²) in [6.07, 6.45) is 3.51. The summed E-state index contributed by atoms with van der Waals surface area (Å²) in [5, 5.41) is 6.29. The van der Waals surface area contributed by atoms with Crippen LogP contribution in [0, 0.1) is 11.8 Å². The molecule has 2 N–H and O–H groups in total. The molecule has 1 aromatic rings. The van der Waals surface area contributed by atoms with Gasteiger partial charge in [0.05, 0.1) is 19.2 Å². The SMILES string of the molecule is COCCNCC(=O)NC(c1ccc(CC(C)C)cc1)C1CC1.Cl. The van der Waals surface area contributed by atoms with E-state index >= 15 is 0 Å². The molecule has 1 unspecified atom stereocenters. The van der Waals surface area contributed by atoms with Gasteiger partial charge < -0.3 is 15.4 Å². The van der Waals surface area contributed by atoms with Crippen LogP contribution in [0.3, 0.4) is 0 Å². The molecule has 24 heavy (non-hydrogen) atoms. The van der Waals surface area contributed by atoms with Gasteiger partial charge in [0.2, 0.25) is 5.91 Å². The Labute approximate surface area is 152 Å². The minimum atomic E-state index is 0. The van der Waals surface area contributed by atoms with E-state index in [-0.39, 0.29) is 24.4 Å². The third-order valence-corrected chi connectivity index (χ3v) is 4.16. The quantitative estimate of drug-likeness (QED) is 0.635. The maximum absolute atomic E-state index is 12.1. The molecule has 5 heteroatoms. The molecule has 0 aromatic heterocycles. The van der Waals surface area contributed by atoms with Gasteiger partial charge >= 0.3 is 0 Å². The topological polar surface area (TPSA) is 50.4 Å². The molecule has 0 heterocycles. The van der Waals surface area contributed by atoms with Crippen LogP contribution in [0.5, 0.6) is 0 Å². The van der Waals surface area contributed by atoms with E-state index in [1.54, 1.807) is 7.11 Å². The number of carbonyl (C=O) groups excluding carboxylic acids is 1. The molecule has 1 aromatic carbocycles. The molecular weight excluding hydrogens is 324 g/mol. The number of halogens is 1. The Morgan fingerprint density at radius 3 is 2.46 bits per heavy atom. The van der Waals surface area contributed by atoms with Gasteiger partial charge in [-0.3, -0.25) is 4.79 Å². The zero-order chi connectivity index (χ0) is 16.7. The van der Waals surface area contributed by atoms with E-state index in [0.717, 1.165) is 6.42 Å². The zero-order valence-corrected chi connectivity index (χ0v) is 15.8. The summed E-state index contributed by atoms with van der Waals surface area (Å²) >= 11 is 0. The first-order valence-corrected chi connectivity index (χ1v) is 8.68. The summed E-state index contributed by atoms with van der Waals surface area (Å²) in [6, 6.07) is 8.92. The van der Waals surface area contributed by atoms with Crippen molar-refractivity contribution in [2.24, 2.45) is 11.8 Å². The van der Waals surface area contributed by atoms with Crippen LogP contribution in [0.2, 0.25) is 0 Å². The van der Waals surface area contributed by atoms with Crippen molar-refractivity contribution in [2.75, 3.05) is 26.8 Å². The predicted molar refractivity (Wildman–Crippen MR) is 101 cm³/mol. The largest absolute Gasteiger partial charge is 0.383 e. The highest BCUT2D eigenvalue weighted by Crippen LogP contribution is 2.41. The fourth-order valence-electron chi connectivity index (χ4n) is 2.84. The molecule has 136 valence electrons. The van der Waals surface area contributed by atoms with Gasteiger partial charge in [-0.2, -0.15) is 0 Å². The second-order valence-electron chi connectivity index (χ2n) is 6.89. The van der Waals surface area contributed by atoms with Crippen molar-refractivity contribution in [3.05, 3.63) is 35.4 Å². The molecule has 1 saturated carbocycles. The summed E-state index contributed by atoms with van der Waals surface area (Å²) in [7, 11) is 1.66. The van der Waals surface area contributed by atoms with Crippen molar-refractivity contribution < 1.29 is 9.53 Å². The van der Waals surface area contributed by atoms with Crippen LogP contribution in [0.4, 0.5) is 0 Å². The van der Waals surface area contributed by atoms with Gasteiger partial charge in [0.15, 0.2) is 0 Å². The second-order valence-corrected chi connectivity index (χ2v) is 6.89. The Kier molecular flexibility index (Phi) is 9.34. The monoisotopic (exact) mass is 354 g/mol. The van der Waals surface area contributed by atoms with Crippen LogP contribution in [0.1, 0.15) is 43.9 Å². The van der Waals surface area contributed by atoms with Crippen LogP contribution in [0.15, 0.2) is 24.3 Å². The lowest BCUT2D eigenvalue weighted by molar-refractivity contribution is -0.121. The summed E-state index contributed by atoms with van der Waals surface area (Å²) in [6.45, 7) is 6.13. The number of amides is 1. The molecule has 0 aliphatic heterocycles. The fraction of sp³-hybridized carbons (Fsp3) is 0.632. The van der Waals surface area contributed by atoms with E-state index in [2.05, 4.69) is 48.7 Å². The van der Waals surface area contributed by atoms with Crippen molar-refractivity contribution in [3.8, 4) is 0 Å². The lowest BCUT2D eigenvalue weighted by Gasteiger charge is -2.19. The molecule has 0 radical (unpaired) electrons. The predicted octanol–water partition coefficient (Wildman–Crippen LogP) is 3.11. The van der Waals surface area contributed by atoms with Crippen LogP contribution >= 0.6 is 12.4 Å². The Hall–Kier alpha value is -1.10. The van der Waals surface area contributed by atoms with Gasteiger partial charge in [0, 0.05) is 13.7 Å². The normalized spacial score (nSPS) is 15.0. The minimum absolute atomic E-state index is 0. The molecule has 1 aliphatic carbocycles. The van der Waals surface area contributed by atoms with Crippen LogP contribution < -0.4 is 10.6 Å². The highest BCUT2D eigenvalue weighted by molar-refractivity contribution is 5.85. The lowest BCUT2D eigenvalue weighted by atomic mass is 9.97. The number of carbonyl (C=O) groups is 1. The van der Waals surface area contributed by atoms with E-state index in [1.165, 1.54) is 24.0 Å². The number of methoxy groups -OCH3 is 1. The third-order valence-electron chi connectivity index (χ3n) is 4.16. The Bertz CT molecular complexity index is 487. The van der Waals surface area contributed by atoms with Crippen molar-refractivity contribution in [1.29, 1.82) is 0 Å². The zero-order valence-electron chi connectivity index (χ0n) is 15.0. The number of rotatable bonds is 10. The minimum Gasteiger partial charge on any atom is -0.383 e. The fourth-order valence-corrected chi connectivity index (χ4v) is 2.84. The molecule has 1 fully saturated rings. The van der Waals surface area contributed by atoms with Gasteiger partial charge in [0.25, 0.3) is 0 Å². The van der Waals surface area contributed by atoms with Crippen LogP contribution in [-0.2, 0) is 16.0 Å². The standard InChI is InChI=1S/C19H30N2O2.ClH/c1-14(2)12-15-4-6-16(7-5-15)19(17-8-9-17)21-18(22)13-20-10-11-23-3;/h4-7,14,17,19-20H,8-13H2,1-3H3,(H,21,22);1H. The molecule has 1 atom stereocenters. The van der Waals surface area contributed by atoms with Gasteiger partial charge in [-0.25, -0.2) is 0 Å². The van der Waals surface area contributed by atoms with E-state index < -0.39 is 0 Å². The third kappa shape index (κ3) is 7.20. The summed E-state index contributed by atoms with van der Waals surface area (Å²) in [4.78, 5) is 12.1. The van der Waals surface area contributed by atoms with Gasteiger partial charge in [-0.05, 0) is 42.2 Å². The Morgan fingerprint density at radius 2 is 1.92 bits per heavy atom. The van der Waals surface area contributed by atoms with Crippen molar-refractivity contribution >= 4 is 18.3 Å². The summed E-state index contributed by atoms with van der Waals surface area (Å²) < 4.78 is 4.97. The van der Waals surface area contributed by atoms with Gasteiger partial charge in [0.1, 0.15) is 0 Å². The molecule has 0 saturated heterocycles. The van der Waals surface area contributed by atoms with Crippen LogP contribution in [-0.4, -0.2) is 32.7 Å². The first-order chi connectivity index (χ1) is 11.1. The van der Waals surface area contributed by atoms with E-state index in [9.17, 15) is 4.79 Å². The number of hydrogen-bond acceptors (Lipinski definition) is 3. The number of benzene rings is 1. The van der Waals surface area contributed by atoms with Crippen molar-refractivity contribution in [1.82, 2.24) is 10.6 Å². The average Bonchev–Trinajstić information content (AvgIpc) is 3.34. The molecule has 1 amide bonds. The van der Waals surface area contributed by atoms with Crippen molar-refractivity contribution in [3.63, 3.8) is 0 Å². The van der Waals surface area contributed by atoms with Crippen molar-refractivity contribution in [2.45, 2.75) is 39.2 Å². The number of ether oxygens (including phenoxy) is 1. The molecule has 2 rings (SSSR count). The smallest absolute Gasteiger partial charge is 0.234 e. The van der Waals surface area contributed by atoms with Gasteiger partial charge in [-0.1, -0.05) is 38.1 Å². The summed E-state index contributed by atoms with van der Waals surface area (Å²) in [5.41, 5.74) is 2.59. The first-order valence-electron chi connectivity index (χ1n) is 8.68. The van der Waals surface area contributed by atoms with E-state index in [1.807, 2.05) is 0 Å². The van der Waals surface area contributed by atoms with E-state index in [0.29, 0.717) is 31.5 Å². The molecule has 0 bridgehead atoms. The Balaban J connectivity index is 0.00000288. The molecule has 4 nitrogen and oxygen atoms in total. The Morgan fingerprint density at radius 1 is 1.25 bits per heavy atom. The first kappa shape index (κ1) is 20.9. The highest BCUT2D eigenvalue weighted by Gasteiger charge is 2.33. The lowest BCUT2D eigenvalue weighted by Crippen LogP contribution is -2.38. The second kappa shape index (κ2) is 10.7. The molecular formula is C19H31ClN2O2. The number of hydrogen-bond donors (Lipinski definition) is 2. The number of nitrogens with one attached hydrogen (secondary N) is 2. The highest BCUT2D eigenvalue weighted by atomic mass is 35.5. The molecule has 1 aliphatic rings. The summed E-state index contributed by atoms with van der Waals surface area (Å²) in [5.74, 6) is 1.32. The van der Waals surface area contributed by atoms with Gasteiger partial charge in [-0.15, -0.1) is 12.4 Å². The maximum Gasteiger partial charge on any atom is 0.234 e. The van der Waals surface area contributed by atoms with E-state index in [4.69, 9.17) is 4.74 Å². The molecule has 0 spiro atoms. The average molecular weight is 355 g/mol. The van der Waals surface area contributed by atoms with Crippen LogP contribution in [0.25, 0.3) is 0 Å². The maximum atomic E-state index is 12.1.